The molecule has 0 spiro atoms. The highest BCUT2D eigenvalue weighted by molar-refractivity contribution is 5.79. The third-order valence-electron chi connectivity index (χ3n) is 3.07. The van der Waals surface area contributed by atoms with Crippen LogP contribution in [0.4, 0.5) is 0 Å². The summed E-state index contributed by atoms with van der Waals surface area (Å²) in [5, 5.41) is 6.66. The summed E-state index contributed by atoms with van der Waals surface area (Å²) in [6.07, 6.45) is 1.11. The number of aliphatic imine (C=N–C) groups is 1. The SMILES string of the molecule is CCNC(=NCc1cccc(OC)c1)NCCC(C)(C)C. The van der Waals surface area contributed by atoms with Crippen molar-refractivity contribution in [2.45, 2.75) is 40.7 Å². The summed E-state index contributed by atoms with van der Waals surface area (Å²) in [4.78, 5) is 4.62. The zero-order valence-electron chi connectivity index (χ0n) is 14.0. The molecule has 0 saturated heterocycles. The smallest absolute Gasteiger partial charge is 0.191 e. The minimum Gasteiger partial charge on any atom is -0.497 e. The standard InChI is InChI=1S/C17H29N3O/c1-6-18-16(19-11-10-17(2,3)4)20-13-14-8-7-9-15(12-14)21-5/h7-9,12H,6,10-11,13H2,1-5H3,(H2,18,19,20). The first-order chi connectivity index (χ1) is 9.94. The molecular weight excluding hydrogens is 262 g/mol. The lowest BCUT2D eigenvalue weighted by Gasteiger charge is -2.19. The van der Waals surface area contributed by atoms with Crippen LogP contribution in [-0.4, -0.2) is 26.2 Å². The molecule has 0 radical (unpaired) electrons. The largest absolute Gasteiger partial charge is 0.497 e. The van der Waals surface area contributed by atoms with Crippen molar-refractivity contribution in [3.8, 4) is 5.75 Å². The molecule has 0 aliphatic carbocycles. The zero-order valence-corrected chi connectivity index (χ0v) is 14.0. The van der Waals surface area contributed by atoms with E-state index in [-0.39, 0.29) is 0 Å². The molecule has 0 fully saturated rings. The zero-order chi connectivity index (χ0) is 15.7. The average molecular weight is 291 g/mol. The molecule has 1 rings (SSSR count). The first-order valence-corrected chi connectivity index (χ1v) is 7.59. The Morgan fingerprint density at radius 1 is 1.24 bits per heavy atom. The van der Waals surface area contributed by atoms with E-state index in [0.717, 1.165) is 36.8 Å². The Bertz CT molecular complexity index is 450. The van der Waals surface area contributed by atoms with Crippen LogP contribution < -0.4 is 15.4 Å². The van der Waals surface area contributed by atoms with Crippen molar-refractivity contribution >= 4 is 5.96 Å². The van der Waals surface area contributed by atoms with Gasteiger partial charge in [0.15, 0.2) is 5.96 Å². The summed E-state index contributed by atoms with van der Waals surface area (Å²) in [7, 11) is 1.68. The van der Waals surface area contributed by atoms with Crippen LogP contribution in [0.15, 0.2) is 29.3 Å². The fourth-order valence-electron chi connectivity index (χ4n) is 1.84. The molecule has 4 heteroatoms. The lowest BCUT2D eigenvalue weighted by Crippen LogP contribution is -2.38. The maximum Gasteiger partial charge on any atom is 0.191 e. The first kappa shape index (κ1) is 17.3. The number of benzene rings is 1. The summed E-state index contributed by atoms with van der Waals surface area (Å²) in [5.74, 6) is 1.73. The lowest BCUT2D eigenvalue weighted by atomic mass is 9.92. The third kappa shape index (κ3) is 7.59. The van der Waals surface area contributed by atoms with Gasteiger partial charge in [-0.05, 0) is 36.5 Å². The van der Waals surface area contributed by atoms with Gasteiger partial charge in [-0.1, -0.05) is 32.9 Å². The van der Waals surface area contributed by atoms with Gasteiger partial charge < -0.3 is 15.4 Å². The number of rotatable bonds is 6. The summed E-state index contributed by atoms with van der Waals surface area (Å²) >= 11 is 0. The highest BCUT2D eigenvalue weighted by Crippen LogP contribution is 2.17. The quantitative estimate of drug-likeness (QED) is 0.625. The van der Waals surface area contributed by atoms with Gasteiger partial charge in [0.2, 0.25) is 0 Å². The van der Waals surface area contributed by atoms with Crippen LogP contribution in [0.3, 0.4) is 0 Å². The number of ether oxygens (including phenoxy) is 1. The van der Waals surface area contributed by atoms with Crippen molar-refractivity contribution in [1.82, 2.24) is 10.6 Å². The van der Waals surface area contributed by atoms with Crippen LogP contribution in [0, 0.1) is 5.41 Å². The van der Waals surface area contributed by atoms with E-state index in [0.29, 0.717) is 12.0 Å². The summed E-state index contributed by atoms with van der Waals surface area (Å²) in [6.45, 7) is 11.2. The maximum absolute atomic E-state index is 5.23. The molecule has 0 amide bonds. The van der Waals surface area contributed by atoms with Crippen molar-refractivity contribution in [2.75, 3.05) is 20.2 Å². The molecule has 0 atom stereocenters. The van der Waals surface area contributed by atoms with E-state index < -0.39 is 0 Å². The molecule has 0 aliphatic heterocycles. The van der Waals surface area contributed by atoms with Gasteiger partial charge in [-0.2, -0.15) is 0 Å². The Hall–Kier alpha value is -1.71. The Morgan fingerprint density at radius 3 is 2.62 bits per heavy atom. The van der Waals surface area contributed by atoms with Crippen LogP contribution in [0.2, 0.25) is 0 Å². The van der Waals surface area contributed by atoms with Gasteiger partial charge in [0.1, 0.15) is 5.75 Å². The van der Waals surface area contributed by atoms with E-state index in [2.05, 4.69) is 49.4 Å². The molecule has 0 aliphatic rings. The highest BCUT2D eigenvalue weighted by Gasteiger charge is 2.09. The van der Waals surface area contributed by atoms with Crippen LogP contribution in [0.25, 0.3) is 0 Å². The molecule has 4 nitrogen and oxygen atoms in total. The second-order valence-electron chi connectivity index (χ2n) is 6.28. The van der Waals surface area contributed by atoms with Crippen LogP contribution in [0.1, 0.15) is 39.7 Å². The molecule has 21 heavy (non-hydrogen) atoms. The van der Waals surface area contributed by atoms with Gasteiger partial charge in [0.05, 0.1) is 13.7 Å². The molecular formula is C17H29N3O. The van der Waals surface area contributed by atoms with Crippen molar-refractivity contribution in [3.05, 3.63) is 29.8 Å². The van der Waals surface area contributed by atoms with Crippen LogP contribution in [-0.2, 0) is 6.54 Å². The predicted molar refractivity (Wildman–Crippen MR) is 89.9 cm³/mol. The summed E-state index contributed by atoms with van der Waals surface area (Å²) in [6, 6.07) is 8.01. The van der Waals surface area contributed by atoms with E-state index in [4.69, 9.17) is 4.74 Å². The van der Waals surface area contributed by atoms with Crippen molar-refractivity contribution < 1.29 is 4.74 Å². The average Bonchev–Trinajstić information content (AvgIpc) is 2.43. The second-order valence-corrected chi connectivity index (χ2v) is 6.28. The Balaban J connectivity index is 2.58. The fourth-order valence-corrected chi connectivity index (χ4v) is 1.84. The van der Waals surface area contributed by atoms with Crippen molar-refractivity contribution in [1.29, 1.82) is 0 Å². The van der Waals surface area contributed by atoms with Gasteiger partial charge in [-0.15, -0.1) is 0 Å². The highest BCUT2D eigenvalue weighted by atomic mass is 16.5. The van der Waals surface area contributed by atoms with Crippen molar-refractivity contribution in [3.63, 3.8) is 0 Å². The molecule has 0 heterocycles. The number of guanidine groups is 1. The summed E-state index contributed by atoms with van der Waals surface area (Å²) in [5.41, 5.74) is 1.47. The molecule has 0 unspecified atom stereocenters. The maximum atomic E-state index is 5.23. The fraction of sp³-hybridized carbons (Fsp3) is 0.588. The topological polar surface area (TPSA) is 45.7 Å². The first-order valence-electron chi connectivity index (χ1n) is 7.59. The minimum atomic E-state index is 0.330. The monoisotopic (exact) mass is 291 g/mol. The Morgan fingerprint density at radius 2 is 2.00 bits per heavy atom. The number of nitrogens with zero attached hydrogens (tertiary/aromatic N) is 1. The summed E-state index contributed by atoms with van der Waals surface area (Å²) < 4.78 is 5.23. The minimum absolute atomic E-state index is 0.330. The Labute approximate surface area is 129 Å². The van der Waals surface area contributed by atoms with E-state index in [1.807, 2.05) is 18.2 Å². The second kappa shape index (κ2) is 8.55. The lowest BCUT2D eigenvalue weighted by molar-refractivity contribution is 0.377. The number of hydrogen-bond donors (Lipinski definition) is 2. The van der Waals surface area contributed by atoms with Gasteiger partial charge in [0.25, 0.3) is 0 Å². The van der Waals surface area contributed by atoms with Gasteiger partial charge >= 0.3 is 0 Å². The van der Waals surface area contributed by atoms with Gasteiger partial charge in [-0.3, -0.25) is 0 Å². The number of hydrogen-bond acceptors (Lipinski definition) is 2. The third-order valence-corrected chi connectivity index (χ3v) is 3.07. The molecule has 0 bridgehead atoms. The van der Waals surface area contributed by atoms with E-state index in [1.165, 1.54) is 0 Å². The molecule has 2 N–H and O–H groups in total. The molecule has 1 aromatic carbocycles. The predicted octanol–water partition coefficient (Wildman–Crippen LogP) is 3.19. The van der Waals surface area contributed by atoms with Crippen LogP contribution in [0.5, 0.6) is 5.75 Å². The number of nitrogens with one attached hydrogen (secondary N) is 2. The van der Waals surface area contributed by atoms with Gasteiger partial charge in [0, 0.05) is 13.1 Å². The van der Waals surface area contributed by atoms with E-state index in [1.54, 1.807) is 7.11 Å². The normalized spacial score (nSPS) is 12.1. The molecule has 0 aromatic heterocycles. The van der Waals surface area contributed by atoms with E-state index >= 15 is 0 Å². The molecule has 0 saturated carbocycles. The number of methoxy groups -OCH3 is 1. The van der Waals surface area contributed by atoms with Crippen LogP contribution >= 0.6 is 0 Å². The van der Waals surface area contributed by atoms with E-state index in [9.17, 15) is 0 Å². The van der Waals surface area contributed by atoms with Crippen molar-refractivity contribution in [2.24, 2.45) is 10.4 Å². The molecule has 118 valence electrons. The van der Waals surface area contributed by atoms with Gasteiger partial charge in [-0.25, -0.2) is 4.99 Å². The Kier molecular flexibility index (Phi) is 7.06. The molecule has 1 aromatic rings.